The minimum atomic E-state index is -4.65. The number of alkyl halides is 3. The number of fused-ring (bicyclic) bond motifs is 1. The van der Waals surface area contributed by atoms with Crippen molar-refractivity contribution in [3.05, 3.63) is 89.0 Å². The molecule has 0 atom stereocenters. The van der Waals surface area contributed by atoms with Crippen LogP contribution in [0.2, 0.25) is 0 Å². The molecule has 0 aromatic heterocycles. The largest absolute Gasteiger partial charge is 0.455 e. The van der Waals surface area contributed by atoms with E-state index in [0.717, 1.165) is 35.9 Å². The second-order valence-electron chi connectivity index (χ2n) is 8.68. The van der Waals surface area contributed by atoms with Crippen LogP contribution in [0.15, 0.2) is 66.7 Å². The van der Waals surface area contributed by atoms with Crippen molar-refractivity contribution in [1.29, 1.82) is 0 Å². The average molecular weight is 465 g/mol. The molecule has 4 nitrogen and oxygen atoms in total. The van der Waals surface area contributed by atoms with Gasteiger partial charge in [-0.15, -0.1) is 0 Å². The number of carbonyl (C=O) groups excluding carboxylic acids is 2. The Balaban J connectivity index is 1.49. The summed E-state index contributed by atoms with van der Waals surface area (Å²) >= 11 is 0. The van der Waals surface area contributed by atoms with Gasteiger partial charge in [0, 0.05) is 0 Å². The lowest BCUT2D eigenvalue weighted by molar-refractivity contribution is -0.137. The van der Waals surface area contributed by atoms with Gasteiger partial charge in [0.15, 0.2) is 5.75 Å². The van der Waals surface area contributed by atoms with E-state index >= 15 is 0 Å². The van der Waals surface area contributed by atoms with Crippen LogP contribution in [-0.2, 0) is 6.18 Å². The third kappa shape index (κ3) is 4.06. The number of nitrogens with zero attached hydrogens (tertiary/aromatic N) is 1. The van der Waals surface area contributed by atoms with Gasteiger partial charge >= 0.3 is 6.18 Å². The molecule has 2 amide bonds. The normalized spacial score (nSPS) is 16.6. The van der Waals surface area contributed by atoms with E-state index in [0.29, 0.717) is 11.7 Å². The Morgan fingerprint density at radius 3 is 2.00 bits per heavy atom. The summed E-state index contributed by atoms with van der Waals surface area (Å²) in [5.74, 6) is -0.456. The van der Waals surface area contributed by atoms with Crippen molar-refractivity contribution < 1.29 is 27.5 Å². The third-order valence-corrected chi connectivity index (χ3v) is 6.51. The molecular formula is C27H22F3NO3. The van der Waals surface area contributed by atoms with Crippen molar-refractivity contribution >= 4 is 17.5 Å². The maximum atomic E-state index is 13.5. The first kappa shape index (κ1) is 22.2. The second-order valence-corrected chi connectivity index (χ2v) is 8.68. The summed E-state index contributed by atoms with van der Waals surface area (Å²) in [4.78, 5) is 26.7. The lowest BCUT2D eigenvalue weighted by Crippen LogP contribution is -2.30. The Kier molecular flexibility index (Phi) is 5.63. The van der Waals surface area contributed by atoms with E-state index in [1.807, 2.05) is 12.1 Å². The SMILES string of the molecule is O=C1c2ccccc2C(=O)N1c1cc(C(F)(F)F)ccc1Oc1ccc(C2CCCCC2)cc1. The van der Waals surface area contributed by atoms with E-state index in [9.17, 15) is 22.8 Å². The highest BCUT2D eigenvalue weighted by Crippen LogP contribution is 2.42. The molecule has 0 N–H and O–H groups in total. The van der Waals surface area contributed by atoms with Crippen molar-refractivity contribution in [2.45, 2.75) is 44.2 Å². The first-order chi connectivity index (χ1) is 16.3. The van der Waals surface area contributed by atoms with E-state index < -0.39 is 23.6 Å². The highest BCUT2D eigenvalue weighted by Gasteiger charge is 2.40. The lowest BCUT2D eigenvalue weighted by atomic mass is 9.84. The van der Waals surface area contributed by atoms with E-state index in [4.69, 9.17) is 4.74 Å². The Morgan fingerprint density at radius 2 is 1.41 bits per heavy atom. The molecule has 1 aliphatic heterocycles. The van der Waals surface area contributed by atoms with Crippen LogP contribution in [0.3, 0.4) is 0 Å². The molecule has 0 spiro atoms. The summed E-state index contributed by atoms with van der Waals surface area (Å²) in [6.07, 6.45) is 1.31. The summed E-state index contributed by atoms with van der Waals surface area (Å²) < 4.78 is 46.3. The van der Waals surface area contributed by atoms with Crippen LogP contribution in [0.5, 0.6) is 11.5 Å². The van der Waals surface area contributed by atoms with E-state index in [1.165, 1.54) is 37.0 Å². The number of hydrogen-bond donors (Lipinski definition) is 0. The predicted molar refractivity (Wildman–Crippen MR) is 121 cm³/mol. The van der Waals surface area contributed by atoms with Gasteiger partial charge in [0.05, 0.1) is 22.4 Å². The van der Waals surface area contributed by atoms with Gasteiger partial charge in [0.25, 0.3) is 11.8 Å². The Bertz CT molecular complexity index is 1210. The summed E-state index contributed by atoms with van der Waals surface area (Å²) in [6.45, 7) is 0. The summed E-state index contributed by atoms with van der Waals surface area (Å²) in [6, 6.07) is 16.5. The molecule has 34 heavy (non-hydrogen) atoms. The fourth-order valence-corrected chi connectivity index (χ4v) is 4.73. The molecule has 3 aromatic carbocycles. The molecule has 0 radical (unpaired) electrons. The Morgan fingerprint density at radius 1 is 0.794 bits per heavy atom. The number of rotatable bonds is 4. The number of imide groups is 1. The van der Waals surface area contributed by atoms with Crippen LogP contribution >= 0.6 is 0 Å². The van der Waals surface area contributed by atoms with Gasteiger partial charge in [-0.1, -0.05) is 43.5 Å². The fourth-order valence-electron chi connectivity index (χ4n) is 4.73. The fraction of sp³-hybridized carbons (Fsp3) is 0.259. The number of amides is 2. The Labute approximate surface area is 195 Å². The summed E-state index contributed by atoms with van der Waals surface area (Å²) in [5, 5.41) is 0. The van der Waals surface area contributed by atoms with Crippen molar-refractivity contribution in [1.82, 2.24) is 0 Å². The second kappa shape index (κ2) is 8.63. The minimum Gasteiger partial charge on any atom is -0.455 e. The monoisotopic (exact) mass is 465 g/mol. The molecule has 2 aliphatic rings. The van der Waals surface area contributed by atoms with Gasteiger partial charge in [-0.2, -0.15) is 13.2 Å². The van der Waals surface area contributed by atoms with E-state index in [2.05, 4.69) is 0 Å². The number of benzene rings is 3. The van der Waals surface area contributed by atoms with Crippen LogP contribution in [0.4, 0.5) is 18.9 Å². The van der Waals surface area contributed by atoms with Crippen LogP contribution in [-0.4, -0.2) is 11.8 Å². The van der Waals surface area contributed by atoms with E-state index in [-0.39, 0.29) is 22.6 Å². The summed E-state index contributed by atoms with van der Waals surface area (Å²) in [7, 11) is 0. The highest BCUT2D eigenvalue weighted by molar-refractivity contribution is 6.34. The first-order valence-corrected chi connectivity index (χ1v) is 11.3. The van der Waals surface area contributed by atoms with Crippen molar-refractivity contribution in [2.24, 2.45) is 0 Å². The van der Waals surface area contributed by atoms with Gasteiger partial charge in [-0.3, -0.25) is 9.59 Å². The highest BCUT2D eigenvalue weighted by atomic mass is 19.4. The maximum absolute atomic E-state index is 13.5. The zero-order valence-electron chi connectivity index (χ0n) is 18.3. The number of halogens is 3. The van der Waals surface area contributed by atoms with Gasteiger partial charge < -0.3 is 4.74 Å². The predicted octanol–water partition coefficient (Wildman–Crippen LogP) is 7.35. The number of ether oxygens (including phenoxy) is 1. The molecule has 0 unspecified atom stereocenters. The molecule has 174 valence electrons. The van der Waals surface area contributed by atoms with Crippen molar-refractivity contribution in [2.75, 3.05) is 4.90 Å². The van der Waals surface area contributed by atoms with Gasteiger partial charge in [0.2, 0.25) is 0 Å². The molecule has 1 fully saturated rings. The molecule has 5 rings (SSSR count). The number of carbonyl (C=O) groups is 2. The maximum Gasteiger partial charge on any atom is 0.416 e. The molecule has 7 heteroatoms. The van der Waals surface area contributed by atoms with Crippen molar-refractivity contribution in [3.8, 4) is 11.5 Å². The molecule has 1 aliphatic carbocycles. The molecule has 0 saturated heterocycles. The molecule has 1 heterocycles. The lowest BCUT2D eigenvalue weighted by Gasteiger charge is -2.22. The number of hydrogen-bond acceptors (Lipinski definition) is 3. The number of anilines is 1. The zero-order valence-corrected chi connectivity index (χ0v) is 18.3. The minimum absolute atomic E-state index is 0.00655. The quantitative estimate of drug-likeness (QED) is 0.379. The van der Waals surface area contributed by atoms with Gasteiger partial charge in [-0.25, -0.2) is 4.90 Å². The Hall–Kier alpha value is -3.61. The third-order valence-electron chi connectivity index (χ3n) is 6.51. The zero-order chi connectivity index (χ0) is 23.9. The summed E-state index contributed by atoms with van der Waals surface area (Å²) in [5.41, 5.74) is 0.289. The topological polar surface area (TPSA) is 46.6 Å². The smallest absolute Gasteiger partial charge is 0.416 e. The van der Waals surface area contributed by atoms with Crippen molar-refractivity contribution in [3.63, 3.8) is 0 Å². The van der Waals surface area contributed by atoms with Crippen LogP contribution in [0.1, 0.15) is 69.9 Å². The molecule has 1 saturated carbocycles. The standard InChI is InChI=1S/C27H22F3NO3/c28-27(29,30)19-12-15-24(34-20-13-10-18(11-14-20)17-6-2-1-3-7-17)23(16-19)31-25(32)21-8-4-5-9-22(21)26(31)33/h4-5,8-17H,1-3,6-7H2. The molecule has 0 bridgehead atoms. The van der Waals surface area contributed by atoms with Crippen LogP contribution < -0.4 is 9.64 Å². The first-order valence-electron chi connectivity index (χ1n) is 11.3. The van der Waals surface area contributed by atoms with Crippen LogP contribution in [0, 0.1) is 0 Å². The molecule has 3 aromatic rings. The van der Waals surface area contributed by atoms with E-state index in [1.54, 1.807) is 24.3 Å². The average Bonchev–Trinajstić information content (AvgIpc) is 3.10. The molecular weight excluding hydrogens is 443 g/mol. The van der Waals surface area contributed by atoms with Gasteiger partial charge in [-0.05, 0) is 66.8 Å². The van der Waals surface area contributed by atoms with Crippen LogP contribution in [0.25, 0.3) is 0 Å². The van der Waals surface area contributed by atoms with Gasteiger partial charge in [0.1, 0.15) is 5.75 Å².